The molecule has 0 unspecified atom stereocenters. The number of carbonyl (C=O) groups excluding carboxylic acids is 1. The number of hydrogen-bond donors (Lipinski definition) is 0. The fourth-order valence-corrected chi connectivity index (χ4v) is 4.30. The molecule has 0 bridgehead atoms. The summed E-state index contributed by atoms with van der Waals surface area (Å²) >= 11 is 0. The fourth-order valence-electron chi connectivity index (χ4n) is 4.30. The zero-order valence-corrected chi connectivity index (χ0v) is 14.1. The van der Waals surface area contributed by atoms with E-state index < -0.39 is 5.54 Å². The Balaban J connectivity index is 2.05. The molecule has 1 fully saturated rings. The number of benzene rings is 2. The van der Waals surface area contributed by atoms with Gasteiger partial charge in [-0.1, -0.05) is 55.7 Å². The van der Waals surface area contributed by atoms with Gasteiger partial charge in [0.15, 0.2) is 0 Å². The van der Waals surface area contributed by atoms with Crippen LogP contribution in [0.4, 0.5) is 0 Å². The van der Waals surface area contributed by atoms with Gasteiger partial charge >= 0.3 is 5.97 Å². The molecule has 3 aromatic rings. The summed E-state index contributed by atoms with van der Waals surface area (Å²) in [5.74, 6) is -0.0730. The monoisotopic (exact) mass is 321 g/mol. The van der Waals surface area contributed by atoms with Crippen molar-refractivity contribution in [1.82, 2.24) is 4.57 Å². The van der Waals surface area contributed by atoms with Gasteiger partial charge in [0, 0.05) is 10.8 Å². The van der Waals surface area contributed by atoms with Gasteiger partial charge in [-0.15, -0.1) is 0 Å². The lowest BCUT2D eigenvalue weighted by Gasteiger charge is -2.37. The van der Waals surface area contributed by atoms with Crippen LogP contribution in [-0.2, 0) is 15.1 Å². The maximum Gasteiger partial charge on any atom is 0.332 e. The molecule has 1 heterocycles. The summed E-state index contributed by atoms with van der Waals surface area (Å²) < 4.78 is 7.82. The first-order valence-corrected chi connectivity index (χ1v) is 8.94. The summed E-state index contributed by atoms with van der Waals surface area (Å²) in [5, 5.41) is 2.42. The maximum atomic E-state index is 13.1. The molecular weight excluding hydrogens is 298 g/mol. The third-order valence-corrected chi connectivity index (χ3v) is 5.34. The number of carbonyl (C=O) groups is 1. The number of fused-ring (bicyclic) bond motifs is 3. The SMILES string of the molecule is CCOC(=O)C1(n2c3ccccc3c3ccccc32)CCCCC1. The molecular formula is C21H23NO2. The van der Waals surface area contributed by atoms with Gasteiger partial charge in [-0.2, -0.15) is 0 Å². The number of nitrogens with zero attached hydrogens (tertiary/aromatic N) is 1. The van der Waals surface area contributed by atoms with Gasteiger partial charge in [0.05, 0.1) is 17.6 Å². The summed E-state index contributed by atoms with van der Waals surface area (Å²) in [6.45, 7) is 2.32. The van der Waals surface area contributed by atoms with E-state index in [0.717, 1.165) is 36.7 Å². The molecule has 124 valence electrons. The van der Waals surface area contributed by atoms with Crippen LogP contribution in [0.5, 0.6) is 0 Å². The third kappa shape index (κ3) is 2.15. The first-order valence-electron chi connectivity index (χ1n) is 8.94. The van der Waals surface area contributed by atoms with Crippen molar-refractivity contribution in [2.24, 2.45) is 0 Å². The lowest BCUT2D eigenvalue weighted by molar-refractivity contribution is -0.155. The molecule has 0 spiro atoms. The zero-order chi connectivity index (χ0) is 16.6. The smallest absolute Gasteiger partial charge is 0.332 e. The third-order valence-electron chi connectivity index (χ3n) is 5.34. The second-order valence-corrected chi connectivity index (χ2v) is 6.68. The van der Waals surface area contributed by atoms with Crippen molar-refractivity contribution in [3.8, 4) is 0 Å². The van der Waals surface area contributed by atoms with Crippen molar-refractivity contribution >= 4 is 27.8 Å². The van der Waals surface area contributed by atoms with E-state index in [2.05, 4.69) is 53.1 Å². The summed E-state index contributed by atoms with van der Waals surface area (Å²) in [7, 11) is 0. The number of hydrogen-bond acceptors (Lipinski definition) is 2. The van der Waals surface area contributed by atoms with Crippen molar-refractivity contribution in [1.29, 1.82) is 0 Å². The van der Waals surface area contributed by atoms with Crippen molar-refractivity contribution in [3.05, 3.63) is 48.5 Å². The molecule has 1 aliphatic rings. The van der Waals surface area contributed by atoms with Gasteiger partial charge in [0.1, 0.15) is 5.54 Å². The quantitative estimate of drug-likeness (QED) is 0.634. The van der Waals surface area contributed by atoms with Crippen molar-refractivity contribution < 1.29 is 9.53 Å². The predicted molar refractivity (Wildman–Crippen MR) is 97.1 cm³/mol. The Morgan fingerprint density at radius 1 is 0.958 bits per heavy atom. The largest absolute Gasteiger partial charge is 0.464 e. The minimum atomic E-state index is -0.572. The average Bonchev–Trinajstić information content (AvgIpc) is 2.97. The van der Waals surface area contributed by atoms with Gasteiger partial charge in [-0.3, -0.25) is 0 Å². The molecule has 1 saturated carbocycles. The molecule has 3 heteroatoms. The average molecular weight is 321 g/mol. The van der Waals surface area contributed by atoms with Gasteiger partial charge in [-0.05, 0) is 31.9 Å². The van der Waals surface area contributed by atoms with E-state index >= 15 is 0 Å². The second kappa shape index (κ2) is 5.97. The van der Waals surface area contributed by atoms with Crippen molar-refractivity contribution in [2.75, 3.05) is 6.61 Å². The van der Waals surface area contributed by atoms with Gasteiger partial charge in [0.2, 0.25) is 0 Å². The van der Waals surface area contributed by atoms with Crippen LogP contribution in [0.2, 0.25) is 0 Å². The lowest BCUT2D eigenvalue weighted by atomic mass is 9.81. The van der Waals surface area contributed by atoms with E-state index in [0.29, 0.717) is 6.61 Å². The van der Waals surface area contributed by atoms with Gasteiger partial charge in [-0.25, -0.2) is 4.79 Å². The molecule has 0 radical (unpaired) electrons. The molecule has 1 aliphatic carbocycles. The Morgan fingerprint density at radius 3 is 2.04 bits per heavy atom. The minimum absolute atomic E-state index is 0.0730. The number of rotatable bonds is 3. The van der Waals surface area contributed by atoms with E-state index in [1.165, 1.54) is 17.2 Å². The second-order valence-electron chi connectivity index (χ2n) is 6.68. The van der Waals surface area contributed by atoms with Crippen LogP contribution >= 0.6 is 0 Å². The molecule has 24 heavy (non-hydrogen) atoms. The van der Waals surface area contributed by atoms with Crippen LogP contribution in [0.25, 0.3) is 21.8 Å². The predicted octanol–water partition coefficient (Wildman–Crippen LogP) is 5.02. The summed E-state index contributed by atoms with van der Waals surface area (Å²) in [6, 6.07) is 16.8. The van der Waals surface area contributed by atoms with Crippen LogP contribution in [-0.4, -0.2) is 17.1 Å². The normalized spacial score (nSPS) is 17.2. The molecule has 3 nitrogen and oxygen atoms in total. The number of esters is 1. The van der Waals surface area contributed by atoms with Crippen LogP contribution in [0, 0.1) is 0 Å². The summed E-state index contributed by atoms with van der Waals surface area (Å²) in [4.78, 5) is 13.1. The molecule has 1 aromatic heterocycles. The highest BCUT2D eigenvalue weighted by Crippen LogP contribution is 2.42. The van der Waals surface area contributed by atoms with Crippen molar-refractivity contribution in [3.63, 3.8) is 0 Å². The zero-order valence-electron chi connectivity index (χ0n) is 14.1. The highest BCUT2D eigenvalue weighted by Gasteiger charge is 2.44. The Morgan fingerprint density at radius 2 is 1.50 bits per heavy atom. The standard InChI is InChI=1S/C21H23NO2/c1-2-24-20(23)21(14-8-3-9-15-21)22-18-12-6-4-10-16(18)17-11-5-7-13-19(17)22/h4-7,10-13H,2-3,8-9,14-15H2,1H3. The van der Waals surface area contributed by atoms with E-state index in [1.807, 2.05) is 6.92 Å². The number of ether oxygens (including phenoxy) is 1. The van der Waals surface area contributed by atoms with Crippen LogP contribution in [0.15, 0.2) is 48.5 Å². The molecule has 2 aromatic carbocycles. The highest BCUT2D eigenvalue weighted by molar-refractivity contribution is 6.09. The first-order chi connectivity index (χ1) is 11.8. The molecule has 0 saturated heterocycles. The maximum absolute atomic E-state index is 13.1. The van der Waals surface area contributed by atoms with E-state index in [1.54, 1.807) is 0 Å². The van der Waals surface area contributed by atoms with E-state index in [-0.39, 0.29) is 5.97 Å². The lowest BCUT2D eigenvalue weighted by Crippen LogP contribution is -2.44. The summed E-state index contributed by atoms with van der Waals surface area (Å²) in [6.07, 6.45) is 5.04. The number of aromatic nitrogens is 1. The highest BCUT2D eigenvalue weighted by atomic mass is 16.5. The Kier molecular flexibility index (Phi) is 3.79. The molecule has 0 amide bonds. The van der Waals surface area contributed by atoms with E-state index in [4.69, 9.17) is 4.74 Å². The van der Waals surface area contributed by atoms with Gasteiger partial charge < -0.3 is 9.30 Å². The Bertz CT molecular complexity index is 834. The van der Waals surface area contributed by atoms with Crippen LogP contribution < -0.4 is 0 Å². The Hall–Kier alpha value is -2.29. The minimum Gasteiger partial charge on any atom is -0.464 e. The van der Waals surface area contributed by atoms with E-state index in [9.17, 15) is 4.79 Å². The molecule has 0 aliphatic heterocycles. The summed E-state index contributed by atoms with van der Waals surface area (Å²) in [5.41, 5.74) is 1.69. The van der Waals surface area contributed by atoms with Crippen molar-refractivity contribution in [2.45, 2.75) is 44.6 Å². The first kappa shape index (κ1) is 15.3. The topological polar surface area (TPSA) is 31.2 Å². The molecule has 4 rings (SSSR count). The van der Waals surface area contributed by atoms with Crippen LogP contribution in [0.3, 0.4) is 0 Å². The molecule has 0 N–H and O–H groups in total. The Labute approximate surface area is 142 Å². The fraction of sp³-hybridized carbons (Fsp3) is 0.381. The van der Waals surface area contributed by atoms with Crippen LogP contribution in [0.1, 0.15) is 39.0 Å². The number of para-hydroxylation sites is 2. The molecule has 0 atom stereocenters. The van der Waals surface area contributed by atoms with Gasteiger partial charge in [0.25, 0.3) is 0 Å².